The van der Waals surface area contributed by atoms with Crippen molar-refractivity contribution in [1.29, 1.82) is 0 Å². The number of nitrogens with one attached hydrogen (secondary N) is 1. The second kappa shape index (κ2) is 7.18. The molecule has 27 heavy (non-hydrogen) atoms. The van der Waals surface area contributed by atoms with Crippen LogP contribution >= 0.6 is 0 Å². The maximum atomic E-state index is 12.6. The minimum atomic E-state index is -3.32. The fraction of sp³-hybridized carbons (Fsp3) is 0.474. The van der Waals surface area contributed by atoms with Crippen molar-refractivity contribution in [2.45, 2.75) is 24.9 Å². The number of fused-ring (bicyclic) bond motifs is 4. The van der Waals surface area contributed by atoms with Gasteiger partial charge in [0.2, 0.25) is 10.0 Å². The number of aromatic nitrogens is 2. The lowest BCUT2D eigenvalue weighted by atomic mass is 9.78. The van der Waals surface area contributed by atoms with Crippen molar-refractivity contribution in [3.63, 3.8) is 0 Å². The van der Waals surface area contributed by atoms with Crippen LogP contribution in [0.2, 0.25) is 0 Å². The van der Waals surface area contributed by atoms with Gasteiger partial charge in [-0.3, -0.25) is 14.7 Å². The molecular weight excluding hydrogens is 364 g/mol. The zero-order chi connectivity index (χ0) is 19.0. The largest absolute Gasteiger partial charge is 0.308 e. The zero-order valence-corrected chi connectivity index (χ0v) is 16.1. The molecule has 144 valence electrons. The molecule has 0 aliphatic carbocycles. The molecule has 0 spiro atoms. The van der Waals surface area contributed by atoms with Crippen LogP contribution in [0.1, 0.15) is 29.6 Å². The molecule has 0 unspecified atom stereocenters. The van der Waals surface area contributed by atoms with Crippen LogP contribution in [0.5, 0.6) is 0 Å². The summed E-state index contributed by atoms with van der Waals surface area (Å²) in [7, 11) is -3.32. The smallest absolute Gasteiger partial charge is 0.251 e. The predicted molar refractivity (Wildman–Crippen MR) is 103 cm³/mol. The summed E-state index contributed by atoms with van der Waals surface area (Å²) < 4.78 is 27.7. The zero-order valence-electron chi connectivity index (χ0n) is 15.3. The van der Waals surface area contributed by atoms with Crippen molar-refractivity contribution < 1.29 is 8.42 Å². The Kier molecular flexibility index (Phi) is 4.88. The van der Waals surface area contributed by atoms with Gasteiger partial charge in [-0.25, -0.2) is 13.1 Å². The number of pyridine rings is 2. The van der Waals surface area contributed by atoms with Crippen LogP contribution in [0.15, 0.2) is 47.5 Å². The van der Waals surface area contributed by atoms with Gasteiger partial charge in [-0.15, -0.1) is 0 Å². The third kappa shape index (κ3) is 3.97. The van der Waals surface area contributed by atoms with E-state index in [1.54, 1.807) is 18.3 Å². The minimum Gasteiger partial charge on any atom is -0.308 e. The lowest BCUT2D eigenvalue weighted by molar-refractivity contribution is 0.0868. The first-order valence-electron chi connectivity index (χ1n) is 9.18. The monoisotopic (exact) mass is 388 g/mol. The standard InChI is InChI=1S/C19H24N4O3S/c1-27(25,26)21-10-18-16-8-15(17-5-2-6-19(24)23(17)18)12-22(13-16)11-14-4-3-7-20-9-14/h2-7,9,15-16,18,21H,8,10-13H2,1H3/t15-,16+,18+/m1/s1. The first-order valence-corrected chi connectivity index (χ1v) is 11.1. The molecule has 3 atom stereocenters. The quantitative estimate of drug-likeness (QED) is 0.825. The fourth-order valence-electron chi connectivity index (χ4n) is 4.51. The van der Waals surface area contributed by atoms with E-state index in [1.165, 1.54) is 0 Å². The maximum absolute atomic E-state index is 12.6. The van der Waals surface area contributed by atoms with E-state index in [9.17, 15) is 13.2 Å². The van der Waals surface area contributed by atoms with Gasteiger partial charge in [0.05, 0.1) is 12.3 Å². The Bertz CT molecular complexity index is 974. The number of likely N-dealkylation sites (tertiary alicyclic amines) is 1. The molecule has 0 radical (unpaired) electrons. The first kappa shape index (κ1) is 18.3. The number of nitrogens with zero attached hydrogens (tertiary/aromatic N) is 3. The van der Waals surface area contributed by atoms with Crippen LogP contribution in [0, 0.1) is 5.92 Å². The van der Waals surface area contributed by atoms with E-state index < -0.39 is 10.0 Å². The Balaban J connectivity index is 1.64. The highest BCUT2D eigenvalue weighted by Crippen LogP contribution is 2.41. The number of sulfonamides is 1. The fourth-order valence-corrected chi connectivity index (χ4v) is 4.99. The van der Waals surface area contributed by atoms with Crippen molar-refractivity contribution in [3.8, 4) is 0 Å². The summed E-state index contributed by atoms with van der Waals surface area (Å²) in [5.41, 5.74) is 2.12. The minimum absolute atomic E-state index is 0.0526. The van der Waals surface area contributed by atoms with Crippen LogP contribution in [-0.2, 0) is 16.6 Å². The van der Waals surface area contributed by atoms with Crippen molar-refractivity contribution in [3.05, 3.63) is 64.3 Å². The first-order chi connectivity index (χ1) is 12.9. The van der Waals surface area contributed by atoms with E-state index in [4.69, 9.17) is 0 Å². The van der Waals surface area contributed by atoms with Gasteiger partial charge in [-0.2, -0.15) is 0 Å². The molecule has 2 aromatic rings. The molecule has 2 aromatic heterocycles. The third-order valence-electron chi connectivity index (χ3n) is 5.56. The number of hydrogen-bond donors (Lipinski definition) is 1. The van der Waals surface area contributed by atoms with E-state index in [1.807, 2.05) is 22.9 Å². The highest BCUT2D eigenvalue weighted by molar-refractivity contribution is 7.88. The molecule has 1 saturated heterocycles. The molecule has 8 heteroatoms. The van der Waals surface area contributed by atoms with Crippen molar-refractivity contribution in [2.24, 2.45) is 5.92 Å². The summed E-state index contributed by atoms with van der Waals surface area (Å²) in [6.45, 7) is 2.78. The second-order valence-electron chi connectivity index (χ2n) is 7.59. The number of hydrogen-bond acceptors (Lipinski definition) is 5. The average molecular weight is 388 g/mol. The number of piperidine rings is 1. The molecular formula is C19H24N4O3S. The molecule has 2 aliphatic rings. The topological polar surface area (TPSA) is 84.3 Å². The third-order valence-corrected chi connectivity index (χ3v) is 6.25. The summed E-state index contributed by atoms with van der Waals surface area (Å²) in [4.78, 5) is 19.2. The van der Waals surface area contributed by atoms with E-state index in [-0.39, 0.29) is 30.0 Å². The van der Waals surface area contributed by atoms with Gasteiger partial charge in [-0.05, 0) is 30.0 Å². The Morgan fingerprint density at radius 1 is 1.22 bits per heavy atom. The van der Waals surface area contributed by atoms with E-state index in [0.29, 0.717) is 0 Å². The van der Waals surface area contributed by atoms with E-state index in [0.717, 1.165) is 43.6 Å². The summed E-state index contributed by atoms with van der Waals surface area (Å²) in [5.74, 6) is 0.506. The highest BCUT2D eigenvalue weighted by Gasteiger charge is 2.40. The van der Waals surface area contributed by atoms with E-state index in [2.05, 4.69) is 20.7 Å². The summed E-state index contributed by atoms with van der Waals surface area (Å²) in [5, 5.41) is 0. The Hall–Kier alpha value is -2.03. The summed E-state index contributed by atoms with van der Waals surface area (Å²) in [6, 6.07) is 9.20. The van der Waals surface area contributed by atoms with Gasteiger partial charge in [0.15, 0.2) is 0 Å². The van der Waals surface area contributed by atoms with Crippen LogP contribution < -0.4 is 10.3 Å². The van der Waals surface area contributed by atoms with Gasteiger partial charge in [0.1, 0.15) is 0 Å². The predicted octanol–water partition coefficient (Wildman–Crippen LogP) is 0.953. The van der Waals surface area contributed by atoms with Gasteiger partial charge < -0.3 is 4.57 Å². The van der Waals surface area contributed by atoms with Gasteiger partial charge in [0.25, 0.3) is 5.56 Å². The van der Waals surface area contributed by atoms with Gasteiger partial charge in [-0.1, -0.05) is 12.1 Å². The molecule has 2 aliphatic heterocycles. The Morgan fingerprint density at radius 2 is 2.07 bits per heavy atom. The van der Waals surface area contributed by atoms with Crippen LogP contribution in [0.3, 0.4) is 0 Å². The van der Waals surface area contributed by atoms with E-state index >= 15 is 0 Å². The molecule has 1 fully saturated rings. The van der Waals surface area contributed by atoms with Crippen molar-refractivity contribution in [2.75, 3.05) is 25.9 Å². The molecule has 0 amide bonds. The highest BCUT2D eigenvalue weighted by atomic mass is 32.2. The molecule has 2 bridgehead atoms. The van der Waals surface area contributed by atoms with Crippen LogP contribution in [0.4, 0.5) is 0 Å². The average Bonchev–Trinajstić information content (AvgIpc) is 2.62. The summed E-state index contributed by atoms with van der Waals surface area (Å²) in [6.07, 6.45) is 5.78. The maximum Gasteiger partial charge on any atom is 0.251 e. The Morgan fingerprint density at radius 3 is 2.81 bits per heavy atom. The lowest BCUT2D eigenvalue weighted by Crippen LogP contribution is -2.51. The molecule has 1 N–H and O–H groups in total. The molecule has 0 saturated carbocycles. The normalized spacial score (nSPS) is 25.1. The lowest BCUT2D eigenvalue weighted by Gasteiger charge is -2.47. The molecule has 7 nitrogen and oxygen atoms in total. The second-order valence-corrected chi connectivity index (χ2v) is 9.43. The summed E-state index contributed by atoms with van der Waals surface area (Å²) >= 11 is 0. The molecule has 0 aromatic carbocycles. The van der Waals surface area contributed by atoms with Gasteiger partial charge in [0, 0.05) is 56.3 Å². The van der Waals surface area contributed by atoms with Crippen LogP contribution in [-0.4, -0.2) is 48.8 Å². The number of rotatable bonds is 5. The molecule has 4 heterocycles. The Labute approximate surface area is 159 Å². The SMILES string of the molecule is CS(=O)(=O)NC[C@H]1[C@H]2C[C@H](CN(Cc3cccnc3)C2)c2cccc(=O)n21. The van der Waals surface area contributed by atoms with Crippen LogP contribution in [0.25, 0.3) is 0 Å². The van der Waals surface area contributed by atoms with Gasteiger partial charge >= 0.3 is 0 Å². The van der Waals surface area contributed by atoms with Crippen molar-refractivity contribution >= 4 is 10.0 Å². The van der Waals surface area contributed by atoms with Crippen molar-refractivity contribution in [1.82, 2.24) is 19.2 Å². The molecule has 4 rings (SSSR count).